The van der Waals surface area contributed by atoms with Crippen LogP contribution in [0.15, 0.2) is 36.6 Å². The minimum atomic E-state index is -0.0763. The van der Waals surface area contributed by atoms with Crippen LogP contribution in [0, 0.1) is 6.42 Å². The molecule has 1 fully saturated rings. The van der Waals surface area contributed by atoms with Crippen molar-refractivity contribution in [2.45, 2.75) is 47.1 Å². The largest absolute Gasteiger partial charge is 0.398 e. The maximum atomic E-state index is 11.4. The van der Waals surface area contributed by atoms with E-state index in [-0.39, 0.29) is 32.2 Å². The smallest absolute Gasteiger partial charge is 0.116 e. The van der Waals surface area contributed by atoms with Crippen molar-refractivity contribution in [2.75, 3.05) is 13.1 Å². The molecule has 0 saturated carbocycles. The Morgan fingerprint density at radius 3 is 2.19 bits per heavy atom. The fourth-order valence-electron chi connectivity index (χ4n) is 1.91. The first-order valence-corrected chi connectivity index (χ1v) is 7.41. The van der Waals surface area contributed by atoms with Gasteiger partial charge in [-0.05, 0) is 25.1 Å². The topological polar surface area (TPSA) is 46.3 Å². The molecule has 0 aromatic heterocycles. The molecule has 1 rings (SSSR count). The van der Waals surface area contributed by atoms with Gasteiger partial charge < -0.3 is 21.8 Å². The zero-order valence-electron chi connectivity index (χ0n) is 14.2. The summed E-state index contributed by atoms with van der Waals surface area (Å²) in [6, 6.07) is -0.0763. The number of carbonyl (C=O) groups excluding carboxylic acids is 1. The molecule has 21 heavy (non-hydrogen) atoms. The van der Waals surface area contributed by atoms with Gasteiger partial charge in [-0.25, -0.2) is 0 Å². The summed E-state index contributed by atoms with van der Waals surface area (Å²) in [5.41, 5.74) is 7.35. The minimum Gasteiger partial charge on any atom is -0.398 e. The van der Waals surface area contributed by atoms with E-state index in [1.54, 1.807) is 19.1 Å². The van der Waals surface area contributed by atoms with Crippen molar-refractivity contribution in [1.82, 2.24) is 4.90 Å². The third-order valence-corrected chi connectivity index (χ3v) is 2.83. The number of nitrogens with zero attached hydrogens (tertiary/aromatic N) is 1. The number of carbonyl (C=O) groups is 1. The molecule has 0 amide bonds. The summed E-state index contributed by atoms with van der Waals surface area (Å²) in [4.78, 5) is 13.5. The Morgan fingerprint density at radius 2 is 1.81 bits per heavy atom. The van der Waals surface area contributed by atoms with Gasteiger partial charge in [-0.3, -0.25) is 0 Å². The van der Waals surface area contributed by atoms with Gasteiger partial charge in [0.15, 0.2) is 0 Å². The average Bonchev–Trinajstić information content (AvgIpc) is 2.96. The fourth-order valence-corrected chi connectivity index (χ4v) is 1.91. The zero-order valence-corrected chi connectivity index (χ0v) is 16.9. The van der Waals surface area contributed by atoms with Gasteiger partial charge >= 0.3 is 0 Å². The Labute approximate surface area is 145 Å². The van der Waals surface area contributed by atoms with Crippen LogP contribution in [-0.2, 0) is 25.2 Å². The van der Waals surface area contributed by atoms with Crippen molar-refractivity contribution < 1.29 is 25.2 Å². The second kappa shape index (κ2) is 15.7. The predicted molar refractivity (Wildman–Crippen MR) is 89.3 cm³/mol. The molecule has 2 N–H and O–H groups in total. The second-order valence-electron chi connectivity index (χ2n) is 3.94. The van der Waals surface area contributed by atoms with Crippen LogP contribution in [0.25, 0.3) is 0 Å². The zero-order chi connectivity index (χ0) is 16.1. The molecule has 1 saturated heterocycles. The Hall–Kier alpha value is -0.688. The quantitative estimate of drug-likeness (QED) is 0.500. The second-order valence-corrected chi connectivity index (χ2v) is 3.94. The van der Waals surface area contributed by atoms with E-state index in [1.807, 2.05) is 34.1 Å². The standard InChI is InChI=1S/C13H19N2O.2C2H6.Re/c1-4-11(12(14)5-2)9-15-8-6-7-13(15)10(3)16;2*1-2;/h4-5,7,13H,1-2,6,8-9,14H2,3H3;2*1-2H3;/q-1;;;/b12-11-;;;. The predicted octanol–water partition coefficient (Wildman–Crippen LogP) is 3.49. The number of allylic oxidation sites excluding steroid dienone is 1. The molecule has 0 aromatic carbocycles. The molecule has 1 atom stereocenters. The number of ketones is 1. The van der Waals surface area contributed by atoms with E-state index in [0.29, 0.717) is 12.2 Å². The monoisotopic (exact) mass is 466 g/mol. The maximum absolute atomic E-state index is 11.4. The third kappa shape index (κ3) is 9.03. The first-order chi connectivity index (χ1) is 9.60. The molecule has 0 aromatic rings. The van der Waals surface area contributed by atoms with Crippen LogP contribution in [0.1, 0.15) is 41.0 Å². The van der Waals surface area contributed by atoms with E-state index in [9.17, 15) is 4.79 Å². The molecular formula is C17H31N2ORe-. The molecule has 1 radical (unpaired) electrons. The van der Waals surface area contributed by atoms with Crippen molar-refractivity contribution in [2.24, 2.45) is 5.73 Å². The normalized spacial score (nSPS) is 17.9. The summed E-state index contributed by atoms with van der Waals surface area (Å²) in [5, 5.41) is 0. The van der Waals surface area contributed by atoms with Gasteiger partial charge in [0.05, 0.1) is 0 Å². The first kappa shape index (κ1) is 25.3. The van der Waals surface area contributed by atoms with Crippen molar-refractivity contribution in [1.29, 1.82) is 0 Å². The number of likely N-dealkylation sites (tertiary alicyclic amines) is 1. The molecule has 1 heterocycles. The first-order valence-electron chi connectivity index (χ1n) is 7.41. The van der Waals surface area contributed by atoms with Crippen LogP contribution < -0.4 is 5.73 Å². The number of hydrogen-bond donors (Lipinski definition) is 1. The van der Waals surface area contributed by atoms with Crippen molar-refractivity contribution in [3.05, 3.63) is 43.0 Å². The summed E-state index contributed by atoms with van der Waals surface area (Å²) in [7, 11) is 0. The molecule has 0 bridgehead atoms. The minimum absolute atomic E-state index is 0. The van der Waals surface area contributed by atoms with Crippen LogP contribution in [0.4, 0.5) is 0 Å². The number of nitrogens with two attached hydrogens (primary N) is 1. The van der Waals surface area contributed by atoms with Crippen molar-refractivity contribution in [3.8, 4) is 0 Å². The van der Waals surface area contributed by atoms with Gasteiger partial charge in [0.25, 0.3) is 0 Å². The van der Waals surface area contributed by atoms with Gasteiger partial charge in [0, 0.05) is 32.7 Å². The number of Topliss-reactive ketones (excluding diaryl/α,β-unsaturated/α-hetero) is 1. The van der Waals surface area contributed by atoms with Crippen molar-refractivity contribution in [3.63, 3.8) is 0 Å². The molecule has 123 valence electrons. The SMILES string of the molecule is C=C/C(N)=C(\C=C)CN1CC[CH-]C1C(C)=O.CC.CC.[Re]. The van der Waals surface area contributed by atoms with Crippen LogP contribution in [0.2, 0.25) is 0 Å². The van der Waals surface area contributed by atoms with E-state index in [1.165, 1.54) is 0 Å². The summed E-state index contributed by atoms with van der Waals surface area (Å²) in [6.45, 7) is 18.5. The summed E-state index contributed by atoms with van der Waals surface area (Å²) >= 11 is 0. The Kier molecular flexibility index (Phi) is 18.9. The van der Waals surface area contributed by atoms with E-state index in [4.69, 9.17) is 5.73 Å². The van der Waals surface area contributed by atoms with Crippen molar-refractivity contribution >= 4 is 5.78 Å². The fraction of sp³-hybridized carbons (Fsp3) is 0.529. The van der Waals surface area contributed by atoms with Crippen LogP contribution >= 0.6 is 0 Å². The molecule has 0 aliphatic carbocycles. The van der Waals surface area contributed by atoms with Gasteiger partial charge in [0.1, 0.15) is 5.78 Å². The van der Waals surface area contributed by atoms with Gasteiger partial charge in [-0.15, -0.1) is 0 Å². The average molecular weight is 466 g/mol. The van der Waals surface area contributed by atoms with E-state index < -0.39 is 0 Å². The molecule has 0 spiro atoms. The molecule has 1 aliphatic heterocycles. The van der Waals surface area contributed by atoms with E-state index in [0.717, 1.165) is 18.5 Å². The molecule has 1 unspecified atom stereocenters. The van der Waals surface area contributed by atoms with Gasteiger partial charge in [-0.2, -0.15) is 6.42 Å². The third-order valence-electron chi connectivity index (χ3n) is 2.83. The van der Waals surface area contributed by atoms with E-state index >= 15 is 0 Å². The van der Waals surface area contributed by atoms with E-state index in [2.05, 4.69) is 18.1 Å². The Morgan fingerprint density at radius 1 is 1.29 bits per heavy atom. The summed E-state index contributed by atoms with van der Waals surface area (Å²) in [5.74, 6) is 0.179. The van der Waals surface area contributed by atoms with Gasteiger partial charge in [-0.1, -0.05) is 53.0 Å². The van der Waals surface area contributed by atoms with Gasteiger partial charge in [0.2, 0.25) is 0 Å². The van der Waals surface area contributed by atoms with Crippen LogP contribution in [0.3, 0.4) is 0 Å². The maximum Gasteiger partial charge on any atom is 0.116 e. The number of rotatable bonds is 5. The Bertz CT molecular complexity index is 338. The Balaban J connectivity index is -0.000000595. The summed E-state index contributed by atoms with van der Waals surface area (Å²) < 4.78 is 0. The summed E-state index contributed by atoms with van der Waals surface area (Å²) in [6.07, 6.45) is 6.34. The molecule has 4 heteroatoms. The molecule has 1 aliphatic rings. The van der Waals surface area contributed by atoms with Crippen LogP contribution in [-0.4, -0.2) is 29.8 Å². The molecular weight excluding hydrogens is 434 g/mol. The molecule has 3 nitrogen and oxygen atoms in total. The van der Waals surface area contributed by atoms with Crippen LogP contribution in [0.5, 0.6) is 0 Å². The number of hydrogen-bond acceptors (Lipinski definition) is 3.